The molecule has 0 spiro atoms. The number of ether oxygens (including phenoxy) is 2. The molecule has 1 atom stereocenters. The van der Waals surface area contributed by atoms with Crippen LogP contribution in [0.15, 0.2) is 54.6 Å². The maximum Gasteiger partial charge on any atom is 0.119 e. The lowest BCUT2D eigenvalue weighted by molar-refractivity contribution is 0.146. The molecule has 0 aliphatic heterocycles. The van der Waals surface area contributed by atoms with Gasteiger partial charge in [0.2, 0.25) is 0 Å². The summed E-state index contributed by atoms with van der Waals surface area (Å²) < 4.78 is 10.6. The molecule has 2 aromatic carbocycles. The maximum absolute atomic E-state index is 5.58. The van der Waals surface area contributed by atoms with Gasteiger partial charge in [0.25, 0.3) is 0 Å². The molecule has 2 aromatic rings. The fourth-order valence-corrected chi connectivity index (χ4v) is 2.47. The molecule has 0 amide bonds. The maximum atomic E-state index is 5.58. The van der Waals surface area contributed by atoms with Crippen molar-refractivity contribution >= 4 is 0 Å². The Kier molecular flexibility index (Phi) is 7.64. The van der Waals surface area contributed by atoms with Gasteiger partial charge in [0.15, 0.2) is 0 Å². The highest BCUT2D eigenvalue weighted by Gasteiger charge is 2.04. The van der Waals surface area contributed by atoms with Crippen molar-refractivity contribution in [3.8, 4) is 5.75 Å². The van der Waals surface area contributed by atoms with E-state index < -0.39 is 0 Å². The Morgan fingerprint density at radius 2 is 1.70 bits per heavy atom. The van der Waals surface area contributed by atoms with E-state index in [-0.39, 0.29) is 0 Å². The van der Waals surface area contributed by atoms with Gasteiger partial charge >= 0.3 is 0 Å². The van der Waals surface area contributed by atoms with Gasteiger partial charge in [-0.25, -0.2) is 0 Å². The Balaban J connectivity index is 1.69. The molecule has 0 radical (unpaired) electrons. The molecule has 0 saturated carbocycles. The number of nitrogens with one attached hydrogen (secondary N) is 1. The van der Waals surface area contributed by atoms with Crippen LogP contribution < -0.4 is 10.1 Å². The topological polar surface area (TPSA) is 30.5 Å². The molecule has 0 aliphatic carbocycles. The average Bonchev–Trinajstić information content (AvgIpc) is 2.60. The quantitative estimate of drug-likeness (QED) is 0.673. The summed E-state index contributed by atoms with van der Waals surface area (Å²) in [5.41, 5.74) is 2.68. The number of aryl methyl sites for hydroxylation is 1. The highest BCUT2D eigenvalue weighted by Crippen LogP contribution is 2.17. The first-order valence-corrected chi connectivity index (χ1v) is 8.28. The number of hydrogen-bond acceptors (Lipinski definition) is 3. The number of hydrogen-bond donors (Lipinski definition) is 1. The Hall–Kier alpha value is -1.84. The normalized spacial score (nSPS) is 12.1. The van der Waals surface area contributed by atoms with Crippen LogP contribution in [0.3, 0.4) is 0 Å². The standard InChI is InChI=1S/C20H27NO2/c1-17(21-14-6-9-18-7-4-3-5-8-18)19-10-12-20(13-11-19)23-16-15-22-2/h3-5,7-8,10-13,17,21H,6,9,14-16H2,1-2H3. The van der Waals surface area contributed by atoms with Crippen molar-refractivity contribution in [1.82, 2.24) is 5.32 Å². The van der Waals surface area contributed by atoms with E-state index in [1.807, 2.05) is 12.1 Å². The molecule has 3 heteroatoms. The smallest absolute Gasteiger partial charge is 0.119 e. The van der Waals surface area contributed by atoms with Crippen molar-refractivity contribution in [2.75, 3.05) is 26.9 Å². The summed E-state index contributed by atoms with van der Waals surface area (Å²) in [6, 6.07) is 19.3. The van der Waals surface area contributed by atoms with Gasteiger partial charge in [-0.2, -0.15) is 0 Å². The molecule has 23 heavy (non-hydrogen) atoms. The van der Waals surface area contributed by atoms with Crippen molar-refractivity contribution in [3.63, 3.8) is 0 Å². The van der Waals surface area contributed by atoms with E-state index in [0.29, 0.717) is 19.3 Å². The third-order valence-electron chi connectivity index (χ3n) is 3.87. The zero-order valence-corrected chi connectivity index (χ0v) is 14.1. The number of benzene rings is 2. The Labute approximate surface area is 139 Å². The van der Waals surface area contributed by atoms with E-state index in [9.17, 15) is 0 Å². The lowest BCUT2D eigenvalue weighted by Crippen LogP contribution is -2.20. The van der Waals surface area contributed by atoms with E-state index in [1.165, 1.54) is 11.1 Å². The van der Waals surface area contributed by atoms with E-state index in [2.05, 4.69) is 54.7 Å². The van der Waals surface area contributed by atoms with Crippen LogP contribution in [0.5, 0.6) is 5.75 Å². The molecule has 1 N–H and O–H groups in total. The largest absolute Gasteiger partial charge is 0.491 e. The summed E-state index contributed by atoms with van der Waals surface area (Å²) in [7, 11) is 1.68. The second-order valence-corrected chi connectivity index (χ2v) is 5.68. The minimum absolute atomic E-state index is 0.346. The average molecular weight is 313 g/mol. The van der Waals surface area contributed by atoms with Gasteiger partial charge in [0.1, 0.15) is 12.4 Å². The fourth-order valence-electron chi connectivity index (χ4n) is 2.47. The predicted octanol–water partition coefficient (Wildman–Crippen LogP) is 4.00. The molecule has 1 unspecified atom stereocenters. The van der Waals surface area contributed by atoms with Gasteiger partial charge in [-0.05, 0) is 49.6 Å². The molecular formula is C20H27NO2. The number of methoxy groups -OCH3 is 1. The lowest BCUT2D eigenvalue weighted by atomic mass is 10.1. The zero-order chi connectivity index (χ0) is 16.3. The third-order valence-corrected chi connectivity index (χ3v) is 3.87. The summed E-state index contributed by atoms with van der Waals surface area (Å²) in [5.74, 6) is 0.891. The van der Waals surface area contributed by atoms with E-state index in [4.69, 9.17) is 9.47 Å². The lowest BCUT2D eigenvalue weighted by Gasteiger charge is -2.15. The Bertz CT molecular complexity index is 539. The molecule has 124 valence electrons. The Morgan fingerprint density at radius 3 is 2.39 bits per heavy atom. The van der Waals surface area contributed by atoms with E-state index in [0.717, 1.165) is 25.1 Å². The van der Waals surface area contributed by atoms with Crippen LogP contribution in [0.4, 0.5) is 0 Å². The molecule has 3 nitrogen and oxygen atoms in total. The zero-order valence-electron chi connectivity index (χ0n) is 14.1. The molecule has 0 saturated heterocycles. The SMILES string of the molecule is COCCOc1ccc(C(C)NCCCc2ccccc2)cc1. The van der Waals surface area contributed by atoms with Crippen LogP contribution in [-0.2, 0) is 11.2 Å². The Morgan fingerprint density at radius 1 is 0.957 bits per heavy atom. The van der Waals surface area contributed by atoms with Crippen molar-refractivity contribution < 1.29 is 9.47 Å². The van der Waals surface area contributed by atoms with E-state index in [1.54, 1.807) is 7.11 Å². The van der Waals surface area contributed by atoms with Crippen LogP contribution >= 0.6 is 0 Å². The van der Waals surface area contributed by atoms with Crippen LogP contribution in [0.25, 0.3) is 0 Å². The van der Waals surface area contributed by atoms with Crippen LogP contribution in [0.1, 0.15) is 30.5 Å². The molecule has 0 heterocycles. The first-order valence-electron chi connectivity index (χ1n) is 8.28. The number of rotatable bonds is 10. The molecule has 0 aromatic heterocycles. The predicted molar refractivity (Wildman–Crippen MR) is 95.0 cm³/mol. The second-order valence-electron chi connectivity index (χ2n) is 5.68. The highest BCUT2D eigenvalue weighted by atomic mass is 16.5. The summed E-state index contributed by atoms with van der Waals surface area (Å²) in [6.45, 7) is 4.41. The first kappa shape index (κ1) is 17.5. The van der Waals surface area contributed by atoms with Gasteiger partial charge in [-0.15, -0.1) is 0 Å². The van der Waals surface area contributed by atoms with Crippen molar-refractivity contribution in [2.24, 2.45) is 0 Å². The van der Waals surface area contributed by atoms with Crippen LogP contribution in [-0.4, -0.2) is 26.9 Å². The minimum atomic E-state index is 0.346. The molecule has 0 bridgehead atoms. The minimum Gasteiger partial charge on any atom is -0.491 e. The molecule has 0 fully saturated rings. The molecular weight excluding hydrogens is 286 g/mol. The first-order chi connectivity index (χ1) is 11.3. The summed E-state index contributed by atoms with van der Waals surface area (Å²) >= 11 is 0. The molecule has 2 rings (SSSR count). The van der Waals surface area contributed by atoms with Gasteiger partial charge in [0.05, 0.1) is 6.61 Å². The van der Waals surface area contributed by atoms with Crippen molar-refractivity contribution in [3.05, 3.63) is 65.7 Å². The summed E-state index contributed by atoms with van der Waals surface area (Å²) in [5, 5.41) is 3.58. The van der Waals surface area contributed by atoms with Gasteiger partial charge in [0, 0.05) is 13.2 Å². The van der Waals surface area contributed by atoms with Gasteiger partial charge < -0.3 is 14.8 Å². The van der Waals surface area contributed by atoms with Crippen LogP contribution in [0, 0.1) is 0 Å². The highest BCUT2D eigenvalue weighted by molar-refractivity contribution is 5.29. The van der Waals surface area contributed by atoms with Crippen molar-refractivity contribution in [2.45, 2.75) is 25.8 Å². The summed E-state index contributed by atoms with van der Waals surface area (Å²) in [6.07, 6.45) is 2.26. The third kappa shape index (κ3) is 6.43. The van der Waals surface area contributed by atoms with Crippen LogP contribution in [0.2, 0.25) is 0 Å². The monoisotopic (exact) mass is 313 g/mol. The second kappa shape index (κ2) is 10.0. The fraction of sp³-hybridized carbons (Fsp3) is 0.400. The molecule has 0 aliphatic rings. The van der Waals surface area contributed by atoms with E-state index >= 15 is 0 Å². The van der Waals surface area contributed by atoms with Gasteiger partial charge in [-0.1, -0.05) is 42.5 Å². The van der Waals surface area contributed by atoms with Gasteiger partial charge in [-0.3, -0.25) is 0 Å². The van der Waals surface area contributed by atoms with Crippen molar-refractivity contribution in [1.29, 1.82) is 0 Å². The summed E-state index contributed by atoms with van der Waals surface area (Å²) in [4.78, 5) is 0.